The molecule has 0 spiro atoms. The molecule has 3 rings (SSSR count). The number of carbonyl (C=O) groups is 1. The maximum atomic E-state index is 13.5. The predicted octanol–water partition coefficient (Wildman–Crippen LogP) is 3.94. The minimum atomic E-state index is -0.465. The van der Waals surface area contributed by atoms with E-state index >= 15 is 0 Å². The maximum absolute atomic E-state index is 13.5. The van der Waals surface area contributed by atoms with E-state index in [2.05, 4.69) is 10.1 Å². The minimum Gasteiger partial charge on any atom is -0.493 e. The Bertz CT molecular complexity index is 1000. The summed E-state index contributed by atoms with van der Waals surface area (Å²) in [6.07, 6.45) is 0. The fraction of sp³-hybridized carbons (Fsp3) is 0.286. The van der Waals surface area contributed by atoms with Gasteiger partial charge in [0.05, 0.1) is 14.2 Å². The number of aromatic nitrogens is 2. The summed E-state index contributed by atoms with van der Waals surface area (Å²) in [5.41, 5.74) is 0.948. The second kappa shape index (κ2) is 8.72. The van der Waals surface area contributed by atoms with Gasteiger partial charge in [0.15, 0.2) is 11.5 Å². The first-order valence-electron chi connectivity index (χ1n) is 9.04. The van der Waals surface area contributed by atoms with E-state index in [1.165, 1.54) is 18.2 Å². The van der Waals surface area contributed by atoms with Crippen molar-refractivity contribution in [3.8, 4) is 22.9 Å². The van der Waals surface area contributed by atoms with E-state index in [0.717, 1.165) is 0 Å². The molecule has 0 aliphatic carbocycles. The number of ether oxygens (including phenoxy) is 2. The summed E-state index contributed by atoms with van der Waals surface area (Å²) in [5, 5.41) is 4.00. The number of hydrogen-bond acceptors (Lipinski definition) is 6. The van der Waals surface area contributed by atoms with Crippen LogP contribution >= 0.6 is 0 Å². The van der Waals surface area contributed by atoms with Crippen LogP contribution in [0, 0.1) is 5.82 Å². The third-order valence-corrected chi connectivity index (χ3v) is 4.37. The van der Waals surface area contributed by atoms with Crippen LogP contribution < -0.4 is 9.47 Å². The summed E-state index contributed by atoms with van der Waals surface area (Å²) in [6, 6.07) is 10.7. The molecule has 3 aromatic rings. The highest BCUT2D eigenvalue weighted by molar-refractivity contribution is 5.94. The van der Waals surface area contributed by atoms with Crippen LogP contribution in [0.2, 0.25) is 0 Å². The van der Waals surface area contributed by atoms with E-state index in [0.29, 0.717) is 22.9 Å². The fourth-order valence-electron chi connectivity index (χ4n) is 2.83. The van der Waals surface area contributed by atoms with E-state index < -0.39 is 5.82 Å². The molecule has 0 aliphatic rings. The number of benzene rings is 2. The molecule has 0 radical (unpaired) electrons. The van der Waals surface area contributed by atoms with Gasteiger partial charge in [0.25, 0.3) is 5.91 Å². The predicted molar refractivity (Wildman–Crippen MR) is 104 cm³/mol. The lowest BCUT2D eigenvalue weighted by molar-refractivity contribution is 0.0667. The Labute approximate surface area is 168 Å². The lowest BCUT2D eigenvalue weighted by Crippen LogP contribution is -2.36. The highest BCUT2D eigenvalue weighted by Crippen LogP contribution is 2.31. The van der Waals surface area contributed by atoms with Crippen molar-refractivity contribution in [2.24, 2.45) is 0 Å². The molecule has 7 nitrogen and oxygen atoms in total. The summed E-state index contributed by atoms with van der Waals surface area (Å²) in [6.45, 7) is 3.83. The van der Waals surface area contributed by atoms with Crippen LogP contribution in [0.4, 0.5) is 4.39 Å². The maximum Gasteiger partial charge on any atom is 0.254 e. The van der Waals surface area contributed by atoms with Crippen molar-refractivity contribution < 1.29 is 23.2 Å². The van der Waals surface area contributed by atoms with Gasteiger partial charge < -0.3 is 18.9 Å². The molecule has 1 amide bonds. The van der Waals surface area contributed by atoms with E-state index in [1.807, 2.05) is 13.8 Å². The summed E-state index contributed by atoms with van der Waals surface area (Å²) < 4.78 is 29.4. The van der Waals surface area contributed by atoms with Gasteiger partial charge >= 0.3 is 0 Å². The van der Waals surface area contributed by atoms with Crippen molar-refractivity contribution in [2.75, 3.05) is 14.2 Å². The van der Waals surface area contributed by atoms with Crippen LogP contribution in [-0.4, -0.2) is 41.2 Å². The summed E-state index contributed by atoms with van der Waals surface area (Å²) in [5.74, 6) is 0.989. The highest BCUT2D eigenvalue weighted by atomic mass is 19.1. The Hall–Kier alpha value is -3.42. The molecule has 8 heteroatoms. The lowest BCUT2D eigenvalue weighted by Gasteiger charge is -2.25. The first-order valence-corrected chi connectivity index (χ1v) is 9.04. The number of carbonyl (C=O) groups excluding carboxylic acids is 1. The zero-order valence-electron chi connectivity index (χ0n) is 16.7. The summed E-state index contributed by atoms with van der Waals surface area (Å²) in [4.78, 5) is 18.7. The normalized spacial score (nSPS) is 10.8. The third-order valence-electron chi connectivity index (χ3n) is 4.37. The van der Waals surface area contributed by atoms with Gasteiger partial charge in [-0.3, -0.25) is 4.79 Å². The molecule has 1 aromatic heterocycles. The topological polar surface area (TPSA) is 77.7 Å². The second-order valence-corrected chi connectivity index (χ2v) is 6.62. The van der Waals surface area contributed by atoms with Crippen LogP contribution in [0.25, 0.3) is 11.4 Å². The van der Waals surface area contributed by atoms with Gasteiger partial charge in [-0.1, -0.05) is 11.2 Å². The number of amides is 1. The smallest absolute Gasteiger partial charge is 0.254 e. The van der Waals surface area contributed by atoms with Crippen molar-refractivity contribution in [3.05, 3.63) is 59.7 Å². The van der Waals surface area contributed by atoms with Crippen LogP contribution in [0.3, 0.4) is 0 Å². The van der Waals surface area contributed by atoms with Gasteiger partial charge in [0.1, 0.15) is 12.4 Å². The van der Waals surface area contributed by atoms with Crippen LogP contribution in [0.1, 0.15) is 30.1 Å². The third kappa shape index (κ3) is 4.53. The van der Waals surface area contributed by atoms with Crippen molar-refractivity contribution in [1.29, 1.82) is 0 Å². The minimum absolute atomic E-state index is 0.104. The molecule has 29 heavy (non-hydrogen) atoms. The molecule has 0 fully saturated rings. The summed E-state index contributed by atoms with van der Waals surface area (Å²) in [7, 11) is 3.10. The highest BCUT2D eigenvalue weighted by Gasteiger charge is 2.22. The monoisotopic (exact) mass is 399 g/mol. The molecule has 0 N–H and O–H groups in total. The van der Waals surface area contributed by atoms with E-state index in [4.69, 9.17) is 14.0 Å². The Kier molecular flexibility index (Phi) is 6.11. The average Bonchev–Trinajstić information content (AvgIpc) is 3.19. The molecule has 0 saturated carbocycles. The molecule has 152 valence electrons. The van der Waals surface area contributed by atoms with Gasteiger partial charge in [-0.25, -0.2) is 4.39 Å². The van der Waals surface area contributed by atoms with E-state index in [-0.39, 0.29) is 29.9 Å². The van der Waals surface area contributed by atoms with Crippen molar-refractivity contribution in [2.45, 2.75) is 26.4 Å². The second-order valence-electron chi connectivity index (χ2n) is 6.62. The molecule has 0 bridgehead atoms. The Morgan fingerprint density at radius 1 is 1.14 bits per heavy atom. The van der Waals surface area contributed by atoms with Crippen LogP contribution in [-0.2, 0) is 6.54 Å². The van der Waals surface area contributed by atoms with Crippen molar-refractivity contribution >= 4 is 5.91 Å². The number of nitrogens with zero attached hydrogens (tertiary/aromatic N) is 3. The van der Waals surface area contributed by atoms with E-state index in [9.17, 15) is 9.18 Å². The number of methoxy groups -OCH3 is 2. The first kappa shape index (κ1) is 20.3. The van der Waals surface area contributed by atoms with Crippen molar-refractivity contribution in [3.63, 3.8) is 0 Å². The van der Waals surface area contributed by atoms with Gasteiger partial charge in [-0.05, 0) is 50.2 Å². The molecular weight excluding hydrogens is 377 g/mol. The zero-order chi connectivity index (χ0) is 21.0. The van der Waals surface area contributed by atoms with Gasteiger partial charge in [0.2, 0.25) is 11.7 Å². The summed E-state index contributed by atoms with van der Waals surface area (Å²) >= 11 is 0. The molecule has 0 atom stereocenters. The van der Waals surface area contributed by atoms with Gasteiger partial charge in [0, 0.05) is 17.2 Å². The molecule has 0 saturated heterocycles. The average molecular weight is 399 g/mol. The number of halogens is 1. The lowest BCUT2D eigenvalue weighted by atomic mass is 10.1. The molecule has 2 aromatic carbocycles. The molecular formula is C21H22FN3O4. The van der Waals surface area contributed by atoms with Crippen LogP contribution in [0.5, 0.6) is 11.5 Å². The van der Waals surface area contributed by atoms with Gasteiger partial charge in [-0.2, -0.15) is 4.98 Å². The zero-order valence-corrected chi connectivity index (χ0v) is 16.7. The first-order chi connectivity index (χ1) is 13.9. The quantitative estimate of drug-likeness (QED) is 0.599. The molecule has 0 aliphatic heterocycles. The number of rotatable bonds is 7. The SMILES string of the molecule is COc1ccc(-c2noc(CN(C(=O)c3cccc(F)c3)C(C)C)n2)cc1OC. The number of hydrogen-bond donors (Lipinski definition) is 0. The Morgan fingerprint density at radius 3 is 2.55 bits per heavy atom. The standard InChI is InChI=1S/C21H22FN3O4/c1-13(2)25(21(26)15-6-5-7-16(22)10-15)12-19-23-20(24-29-19)14-8-9-17(27-3)18(11-14)28-4/h5-11,13H,12H2,1-4H3. The Morgan fingerprint density at radius 2 is 1.90 bits per heavy atom. The van der Waals surface area contributed by atoms with Gasteiger partial charge in [-0.15, -0.1) is 0 Å². The molecule has 1 heterocycles. The van der Waals surface area contributed by atoms with Crippen molar-refractivity contribution in [1.82, 2.24) is 15.0 Å². The largest absolute Gasteiger partial charge is 0.493 e. The Balaban J connectivity index is 1.83. The van der Waals surface area contributed by atoms with Crippen LogP contribution in [0.15, 0.2) is 47.0 Å². The molecule has 0 unspecified atom stereocenters. The fourth-order valence-corrected chi connectivity index (χ4v) is 2.83. The van der Waals surface area contributed by atoms with E-state index in [1.54, 1.807) is 43.4 Å².